The van der Waals surface area contributed by atoms with Crippen LogP contribution in [0.4, 0.5) is 5.95 Å². The molecule has 0 aliphatic heterocycles. The van der Waals surface area contributed by atoms with E-state index in [4.69, 9.17) is 12.2 Å². The number of halogens is 1. The van der Waals surface area contributed by atoms with Gasteiger partial charge in [0.05, 0.1) is 16.6 Å². The molecule has 0 saturated heterocycles. The Kier molecular flexibility index (Phi) is 4.05. The number of aromatic nitrogens is 4. The zero-order valence-corrected chi connectivity index (χ0v) is 14.2. The molecule has 0 spiro atoms. The van der Waals surface area contributed by atoms with Gasteiger partial charge in [-0.2, -0.15) is 0 Å². The third-order valence-electron chi connectivity index (χ3n) is 3.09. The van der Waals surface area contributed by atoms with E-state index in [0.717, 1.165) is 0 Å². The summed E-state index contributed by atoms with van der Waals surface area (Å²) in [7, 11) is 0. The lowest BCUT2D eigenvalue weighted by Gasteiger charge is -2.08. The molecule has 0 unspecified atom stereocenters. The highest BCUT2D eigenvalue weighted by molar-refractivity contribution is 9.10. The third-order valence-corrected chi connectivity index (χ3v) is 4.32. The fraction of sp³-hybridized carbons (Fsp3) is 0.0714. The largest absolute Gasteiger partial charge is 0.314 e. The van der Waals surface area contributed by atoms with Gasteiger partial charge in [-0.1, -0.05) is 24.4 Å². The number of hydrogen-bond donors (Lipinski definition) is 3. The lowest BCUT2D eigenvalue weighted by Crippen LogP contribution is -2.23. The Balaban J connectivity index is 1.98. The molecule has 0 bridgehead atoms. The number of aryl methyl sites for hydroxylation is 1. The maximum absolute atomic E-state index is 12.0. The number of hydrogen-bond acceptors (Lipinski definition) is 5. The predicted molar refractivity (Wildman–Crippen MR) is 95.0 cm³/mol. The number of aromatic amines is 2. The number of H-pyrrole nitrogens is 2. The molecule has 3 aromatic rings. The molecular weight excluding hydrogens is 382 g/mol. The van der Waals surface area contributed by atoms with E-state index in [-0.39, 0.29) is 27.9 Å². The van der Waals surface area contributed by atoms with Crippen LogP contribution in [0.2, 0.25) is 0 Å². The lowest BCUT2D eigenvalue weighted by molar-refractivity contribution is 1.05. The number of para-hydroxylation sites is 1. The summed E-state index contributed by atoms with van der Waals surface area (Å²) in [5, 5.41) is 3.25. The van der Waals surface area contributed by atoms with E-state index in [9.17, 15) is 9.59 Å². The highest BCUT2D eigenvalue weighted by Gasteiger charge is 2.11. The van der Waals surface area contributed by atoms with E-state index >= 15 is 0 Å². The smallest absolute Gasteiger partial charge is 0.266 e. The zero-order valence-electron chi connectivity index (χ0n) is 11.8. The van der Waals surface area contributed by atoms with E-state index in [1.165, 1.54) is 0 Å². The number of anilines is 1. The van der Waals surface area contributed by atoms with Crippen LogP contribution in [0, 0.1) is 6.92 Å². The fourth-order valence-corrected chi connectivity index (χ4v) is 2.37. The van der Waals surface area contributed by atoms with Gasteiger partial charge in [-0.25, -0.2) is 9.97 Å². The Hall–Kier alpha value is -2.39. The molecule has 3 N–H and O–H groups in total. The van der Waals surface area contributed by atoms with Gasteiger partial charge in [-0.05, 0) is 35.0 Å². The number of benzene rings is 1. The van der Waals surface area contributed by atoms with E-state index in [1.807, 2.05) is 0 Å². The van der Waals surface area contributed by atoms with Gasteiger partial charge in [0.25, 0.3) is 11.1 Å². The van der Waals surface area contributed by atoms with Gasteiger partial charge in [-0.3, -0.25) is 14.6 Å². The Bertz CT molecular complexity index is 1040. The first kappa shape index (κ1) is 15.5. The summed E-state index contributed by atoms with van der Waals surface area (Å²) in [5.74, 6) is 0.378. The van der Waals surface area contributed by atoms with Crippen molar-refractivity contribution in [1.82, 2.24) is 19.9 Å². The van der Waals surface area contributed by atoms with Gasteiger partial charge in [0.1, 0.15) is 9.46 Å². The van der Waals surface area contributed by atoms with E-state index in [2.05, 4.69) is 41.2 Å². The highest BCUT2D eigenvalue weighted by atomic mass is 79.9. The normalized spacial score (nSPS) is 10.7. The molecule has 116 valence electrons. The topological polar surface area (TPSA) is 104 Å². The van der Waals surface area contributed by atoms with Gasteiger partial charge < -0.3 is 10.3 Å². The zero-order chi connectivity index (χ0) is 16.6. The Morgan fingerprint density at radius 2 is 1.91 bits per heavy atom. The first-order chi connectivity index (χ1) is 11.0. The van der Waals surface area contributed by atoms with E-state index in [0.29, 0.717) is 21.1 Å². The van der Waals surface area contributed by atoms with Gasteiger partial charge in [0, 0.05) is 0 Å². The summed E-state index contributed by atoms with van der Waals surface area (Å²) >= 11 is 8.36. The SMILES string of the molecule is Cc1nc(NC(=S)c2nc3ccccc3c(=O)[nH]2)[nH]c(=O)c1Br. The van der Waals surface area contributed by atoms with E-state index in [1.54, 1.807) is 31.2 Å². The Morgan fingerprint density at radius 3 is 2.65 bits per heavy atom. The van der Waals surface area contributed by atoms with Crippen LogP contribution in [0.25, 0.3) is 10.9 Å². The van der Waals surface area contributed by atoms with Crippen LogP contribution in [0.3, 0.4) is 0 Å². The quantitative estimate of drug-likeness (QED) is 0.576. The van der Waals surface area contributed by atoms with E-state index < -0.39 is 0 Å². The van der Waals surface area contributed by atoms with Crippen molar-refractivity contribution in [3.63, 3.8) is 0 Å². The van der Waals surface area contributed by atoms with Crippen LogP contribution in [0.15, 0.2) is 38.3 Å². The highest BCUT2D eigenvalue weighted by Crippen LogP contribution is 2.10. The Labute approximate surface area is 143 Å². The van der Waals surface area contributed by atoms with Crippen molar-refractivity contribution in [2.45, 2.75) is 6.92 Å². The van der Waals surface area contributed by atoms with Crippen molar-refractivity contribution >= 4 is 50.0 Å². The second kappa shape index (κ2) is 6.01. The molecular formula is C14H10BrN5O2S. The first-order valence-corrected chi connectivity index (χ1v) is 7.72. The van der Waals surface area contributed by atoms with Gasteiger partial charge >= 0.3 is 0 Å². The molecule has 0 amide bonds. The van der Waals surface area contributed by atoms with Crippen molar-refractivity contribution < 1.29 is 0 Å². The maximum atomic E-state index is 12.0. The second-order valence-corrected chi connectivity index (χ2v) is 5.90. The fourth-order valence-electron chi connectivity index (χ4n) is 1.99. The number of fused-ring (bicyclic) bond motifs is 1. The number of thiocarbonyl (C=S) groups is 1. The van der Waals surface area contributed by atoms with Crippen LogP contribution in [0.5, 0.6) is 0 Å². The number of rotatable bonds is 2. The minimum atomic E-state index is -0.331. The summed E-state index contributed by atoms with van der Waals surface area (Å²) in [6.45, 7) is 1.68. The summed E-state index contributed by atoms with van der Waals surface area (Å²) in [4.78, 5) is 37.5. The van der Waals surface area contributed by atoms with Gasteiger partial charge in [-0.15, -0.1) is 0 Å². The molecule has 0 fully saturated rings. The van der Waals surface area contributed by atoms with Gasteiger partial charge in [0.15, 0.2) is 5.82 Å². The number of nitrogens with one attached hydrogen (secondary N) is 3. The minimum Gasteiger partial charge on any atom is -0.314 e. The van der Waals surface area contributed by atoms with Crippen molar-refractivity contribution in [2.24, 2.45) is 0 Å². The molecule has 0 atom stereocenters. The molecule has 1 aromatic carbocycles. The Morgan fingerprint density at radius 1 is 1.17 bits per heavy atom. The molecule has 0 aliphatic rings. The maximum Gasteiger partial charge on any atom is 0.266 e. The monoisotopic (exact) mass is 391 g/mol. The average Bonchev–Trinajstić information content (AvgIpc) is 2.52. The minimum absolute atomic E-state index is 0.151. The van der Waals surface area contributed by atoms with Crippen LogP contribution < -0.4 is 16.4 Å². The second-order valence-electron chi connectivity index (χ2n) is 4.70. The predicted octanol–water partition coefficient (Wildman–Crippen LogP) is 1.86. The molecule has 0 aliphatic carbocycles. The van der Waals surface area contributed by atoms with Crippen LogP contribution >= 0.6 is 28.1 Å². The van der Waals surface area contributed by atoms with Crippen molar-refractivity contribution in [3.05, 3.63) is 61.0 Å². The van der Waals surface area contributed by atoms with Gasteiger partial charge in [0.2, 0.25) is 5.95 Å². The third kappa shape index (κ3) is 3.06. The first-order valence-electron chi connectivity index (χ1n) is 6.52. The molecule has 0 saturated carbocycles. The lowest BCUT2D eigenvalue weighted by atomic mass is 10.2. The summed E-state index contributed by atoms with van der Waals surface area (Å²) in [6, 6.07) is 6.94. The number of nitrogens with zero attached hydrogens (tertiary/aromatic N) is 2. The molecule has 2 heterocycles. The van der Waals surface area contributed by atoms with Crippen LogP contribution in [-0.2, 0) is 0 Å². The van der Waals surface area contributed by atoms with Crippen LogP contribution in [0.1, 0.15) is 11.5 Å². The van der Waals surface area contributed by atoms with Crippen LogP contribution in [-0.4, -0.2) is 24.9 Å². The molecule has 9 heteroatoms. The molecule has 2 aromatic heterocycles. The standard InChI is InChI=1S/C14H10BrN5O2S/c1-6-9(15)12(22)19-14(16-6)20-13(23)10-17-8-5-3-2-4-7(8)11(21)18-10/h2-5H,1H3,(H,17,18,21)(H2,16,19,20,22,23). The molecule has 23 heavy (non-hydrogen) atoms. The van der Waals surface area contributed by atoms with Crippen molar-refractivity contribution in [2.75, 3.05) is 5.32 Å². The molecule has 3 rings (SSSR count). The molecule has 0 radical (unpaired) electrons. The average molecular weight is 392 g/mol. The summed E-state index contributed by atoms with van der Waals surface area (Å²) < 4.78 is 0.353. The van der Waals surface area contributed by atoms with Crippen molar-refractivity contribution in [3.8, 4) is 0 Å². The van der Waals surface area contributed by atoms with Crippen molar-refractivity contribution in [1.29, 1.82) is 0 Å². The molecule has 7 nitrogen and oxygen atoms in total. The summed E-state index contributed by atoms with van der Waals surface area (Å²) in [6.07, 6.45) is 0. The summed E-state index contributed by atoms with van der Waals surface area (Å²) in [5.41, 5.74) is 0.425.